The number of amidine groups is 1. The summed E-state index contributed by atoms with van der Waals surface area (Å²) in [5.74, 6) is -0.384. The average Bonchev–Trinajstić information content (AvgIpc) is 3.00. The van der Waals surface area contributed by atoms with E-state index in [2.05, 4.69) is 0 Å². The Morgan fingerprint density at radius 1 is 1.25 bits per heavy atom. The Hall–Kier alpha value is -2.89. The molecular formula is C22H24FN2O3. The number of carbonyl (C=O) groups is 1. The zero-order chi connectivity index (χ0) is 20.3. The Balaban J connectivity index is 1.86. The van der Waals surface area contributed by atoms with Gasteiger partial charge >= 0.3 is 0 Å². The molecule has 5 nitrogen and oxygen atoms in total. The molecule has 2 aromatic carbocycles. The van der Waals surface area contributed by atoms with Gasteiger partial charge in [0.1, 0.15) is 5.84 Å². The lowest BCUT2D eigenvalue weighted by molar-refractivity contribution is 0.0962. The van der Waals surface area contributed by atoms with Crippen LogP contribution in [-0.4, -0.2) is 36.3 Å². The van der Waals surface area contributed by atoms with Gasteiger partial charge in [0.25, 0.3) is 0 Å². The second-order valence-electron chi connectivity index (χ2n) is 6.46. The van der Waals surface area contributed by atoms with E-state index in [0.29, 0.717) is 23.5 Å². The van der Waals surface area contributed by atoms with Crippen molar-refractivity contribution in [3.05, 3.63) is 64.8 Å². The van der Waals surface area contributed by atoms with Gasteiger partial charge in [-0.2, -0.15) is 0 Å². The fraction of sp³-hybridized carbons (Fsp3) is 0.318. The SMILES string of the molecule is C[CH]c1cccc(C(=O)CN2Cc3cc(OCC)c(OCC)c(F)c3C2=N)c1. The maximum absolute atomic E-state index is 15.1. The number of ether oxygens (including phenoxy) is 2. The van der Waals surface area contributed by atoms with Crippen LogP contribution in [0.3, 0.4) is 0 Å². The van der Waals surface area contributed by atoms with Crippen LogP contribution in [0, 0.1) is 17.6 Å². The first-order chi connectivity index (χ1) is 13.5. The second-order valence-corrected chi connectivity index (χ2v) is 6.46. The summed E-state index contributed by atoms with van der Waals surface area (Å²) in [7, 11) is 0. The quantitative estimate of drug-likeness (QED) is 0.694. The third-order valence-corrected chi connectivity index (χ3v) is 4.65. The van der Waals surface area contributed by atoms with E-state index in [4.69, 9.17) is 14.9 Å². The number of ketones is 1. The van der Waals surface area contributed by atoms with E-state index >= 15 is 4.39 Å². The highest BCUT2D eigenvalue weighted by atomic mass is 19.1. The van der Waals surface area contributed by atoms with E-state index < -0.39 is 5.82 Å². The Morgan fingerprint density at radius 2 is 2.00 bits per heavy atom. The maximum atomic E-state index is 15.1. The summed E-state index contributed by atoms with van der Waals surface area (Å²) in [5, 5.41) is 8.40. The predicted octanol–water partition coefficient (Wildman–Crippen LogP) is 4.22. The van der Waals surface area contributed by atoms with Gasteiger partial charge < -0.3 is 14.4 Å². The zero-order valence-electron chi connectivity index (χ0n) is 16.3. The molecule has 0 saturated carbocycles. The highest BCUT2D eigenvalue weighted by Crippen LogP contribution is 2.39. The number of carbonyl (C=O) groups excluding carboxylic acids is 1. The molecule has 0 amide bonds. The van der Waals surface area contributed by atoms with Crippen LogP contribution in [-0.2, 0) is 6.54 Å². The normalized spacial score (nSPS) is 12.9. The van der Waals surface area contributed by atoms with Crippen molar-refractivity contribution in [3.8, 4) is 11.5 Å². The molecule has 1 aliphatic heterocycles. The van der Waals surface area contributed by atoms with E-state index in [0.717, 1.165) is 5.56 Å². The first-order valence-electron chi connectivity index (χ1n) is 9.37. The zero-order valence-corrected chi connectivity index (χ0v) is 16.3. The smallest absolute Gasteiger partial charge is 0.197 e. The molecular weight excluding hydrogens is 359 g/mol. The van der Waals surface area contributed by atoms with Crippen LogP contribution in [0.2, 0.25) is 0 Å². The van der Waals surface area contributed by atoms with Gasteiger partial charge in [0.2, 0.25) is 0 Å². The number of fused-ring (bicyclic) bond motifs is 1. The van der Waals surface area contributed by atoms with Gasteiger partial charge in [-0.05, 0) is 43.5 Å². The van der Waals surface area contributed by atoms with E-state index in [-0.39, 0.29) is 42.6 Å². The van der Waals surface area contributed by atoms with Crippen molar-refractivity contribution in [1.29, 1.82) is 5.41 Å². The lowest BCUT2D eigenvalue weighted by atomic mass is 10.1. The van der Waals surface area contributed by atoms with Gasteiger partial charge in [0.15, 0.2) is 23.1 Å². The molecule has 6 heteroatoms. The Bertz CT molecular complexity index is 911. The van der Waals surface area contributed by atoms with Crippen LogP contribution in [0.25, 0.3) is 0 Å². The van der Waals surface area contributed by atoms with E-state index in [1.54, 1.807) is 24.0 Å². The third kappa shape index (κ3) is 3.72. The highest BCUT2D eigenvalue weighted by molar-refractivity contribution is 6.05. The summed E-state index contributed by atoms with van der Waals surface area (Å²) in [6.45, 7) is 6.44. The molecule has 28 heavy (non-hydrogen) atoms. The summed E-state index contributed by atoms with van der Waals surface area (Å²) < 4.78 is 26.0. The minimum atomic E-state index is -0.606. The molecule has 0 spiro atoms. The van der Waals surface area contributed by atoms with Crippen LogP contribution in [0.4, 0.5) is 4.39 Å². The van der Waals surface area contributed by atoms with Crippen LogP contribution >= 0.6 is 0 Å². The van der Waals surface area contributed by atoms with Crippen molar-refractivity contribution in [2.24, 2.45) is 0 Å². The number of rotatable bonds is 8. The lowest BCUT2D eigenvalue weighted by Gasteiger charge is -2.17. The average molecular weight is 383 g/mol. The fourth-order valence-corrected chi connectivity index (χ4v) is 3.31. The van der Waals surface area contributed by atoms with Gasteiger partial charge in [-0.15, -0.1) is 0 Å². The maximum Gasteiger partial charge on any atom is 0.197 e. The Labute approximate surface area is 164 Å². The molecule has 0 aliphatic carbocycles. The first kappa shape index (κ1) is 19.9. The van der Waals surface area contributed by atoms with E-state index in [1.807, 2.05) is 38.5 Å². The largest absolute Gasteiger partial charge is 0.490 e. The molecule has 0 saturated heterocycles. The molecule has 3 rings (SSSR count). The van der Waals surface area contributed by atoms with Crippen LogP contribution < -0.4 is 9.47 Å². The molecule has 0 bridgehead atoms. The molecule has 1 aliphatic rings. The molecule has 147 valence electrons. The lowest BCUT2D eigenvalue weighted by Crippen LogP contribution is -2.30. The number of hydrogen-bond acceptors (Lipinski definition) is 4. The summed E-state index contributed by atoms with van der Waals surface area (Å²) >= 11 is 0. The summed E-state index contributed by atoms with van der Waals surface area (Å²) in [6, 6.07) is 9.03. The number of nitrogens with zero attached hydrogens (tertiary/aromatic N) is 1. The molecule has 1 heterocycles. The number of hydrogen-bond donors (Lipinski definition) is 1. The molecule has 1 radical (unpaired) electrons. The van der Waals surface area contributed by atoms with E-state index in [9.17, 15) is 4.79 Å². The monoisotopic (exact) mass is 383 g/mol. The second kappa shape index (κ2) is 8.42. The molecule has 0 aromatic heterocycles. The minimum absolute atomic E-state index is 0.00799. The number of halogens is 1. The Kier molecular flexibility index (Phi) is 5.97. The van der Waals surface area contributed by atoms with E-state index in [1.165, 1.54) is 0 Å². The number of nitrogens with one attached hydrogen (secondary N) is 1. The van der Waals surface area contributed by atoms with Crippen molar-refractivity contribution >= 4 is 11.6 Å². The molecule has 1 N–H and O–H groups in total. The van der Waals surface area contributed by atoms with Crippen LogP contribution in [0.1, 0.15) is 47.8 Å². The molecule has 0 atom stereocenters. The Morgan fingerprint density at radius 3 is 2.68 bits per heavy atom. The number of Topliss-reactive ketones (excluding diaryl/α,β-unsaturated/α-hetero) is 1. The standard InChI is InChI=1S/C22H24FN2O3/c1-4-14-8-7-9-15(10-14)17(26)13-25-12-16-11-18(27-5-2)21(28-6-3)20(23)19(16)22(25)24/h4,7-11,24H,5-6,12-13H2,1-3H3. The van der Waals surface area contributed by atoms with Gasteiger partial charge in [-0.1, -0.05) is 25.1 Å². The van der Waals surface area contributed by atoms with Crippen molar-refractivity contribution in [2.75, 3.05) is 19.8 Å². The van der Waals surface area contributed by atoms with Crippen molar-refractivity contribution in [1.82, 2.24) is 4.90 Å². The van der Waals surface area contributed by atoms with Crippen LogP contribution in [0.5, 0.6) is 11.5 Å². The van der Waals surface area contributed by atoms with Gasteiger partial charge in [0.05, 0.1) is 25.3 Å². The molecule has 0 unspecified atom stereocenters. The van der Waals surface area contributed by atoms with Gasteiger partial charge in [-0.25, -0.2) is 4.39 Å². The first-order valence-corrected chi connectivity index (χ1v) is 9.37. The summed E-state index contributed by atoms with van der Waals surface area (Å²) in [5.41, 5.74) is 2.33. The highest BCUT2D eigenvalue weighted by Gasteiger charge is 2.33. The predicted molar refractivity (Wildman–Crippen MR) is 106 cm³/mol. The van der Waals surface area contributed by atoms with Gasteiger partial charge in [-0.3, -0.25) is 10.2 Å². The summed E-state index contributed by atoms with van der Waals surface area (Å²) in [4.78, 5) is 14.3. The minimum Gasteiger partial charge on any atom is -0.490 e. The third-order valence-electron chi connectivity index (χ3n) is 4.65. The number of benzene rings is 2. The summed E-state index contributed by atoms with van der Waals surface area (Å²) in [6.07, 6.45) is 1.92. The molecule has 2 aromatic rings. The molecule has 0 fully saturated rings. The van der Waals surface area contributed by atoms with Crippen molar-refractivity contribution in [2.45, 2.75) is 27.3 Å². The fourth-order valence-electron chi connectivity index (χ4n) is 3.31. The van der Waals surface area contributed by atoms with Crippen LogP contribution in [0.15, 0.2) is 30.3 Å². The van der Waals surface area contributed by atoms with Crippen molar-refractivity contribution < 1.29 is 18.7 Å². The van der Waals surface area contributed by atoms with Crippen molar-refractivity contribution in [3.63, 3.8) is 0 Å². The van der Waals surface area contributed by atoms with Gasteiger partial charge in [0, 0.05) is 12.1 Å². The topological polar surface area (TPSA) is 62.6 Å².